The van der Waals surface area contributed by atoms with Gasteiger partial charge >= 0.3 is 0 Å². The molecule has 160 valence electrons. The minimum absolute atomic E-state index is 0.0878. The van der Waals surface area contributed by atoms with Gasteiger partial charge in [-0.15, -0.1) is 10.2 Å². The summed E-state index contributed by atoms with van der Waals surface area (Å²) in [6, 6.07) is 8.29. The van der Waals surface area contributed by atoms with Gasteiger partial charge in [-0.25, -0.2) is 0 Å². The molecule has 1 unspecified atom stereocenters. The van der Waals surface area contributed by atoms with E-state index in [2.05, 4.69) is 56.3 Å². The van der Waals surface area contributed by atoms with Gasteiger partial charge in [0.15, 0.2) is 10.8 Å². The minimum Gasteiger partial charge on any atom is -0.383 e. The lowest BCUT2D eigenvalue weighted by Crippen LogP contribution is -2.47. The number of ether oxygens (including phenoxy) is 1. The molecule has 1 aliphatic rings. The van der Waals surface area contributed by atoms with Gasteiger partial charge in [-0.05, 0) is 24.0 Å². The summed E-state index contributed by atoms with van der Waals surface area (Å²) in [6.45, 7) is 7.61. The van der Waals surface area contributed by atoms with Crippen LogP contribution in [-0.4, -0.2) is 72.3 Å². The zero-order valence-corrected chi connectivity index (χ0v) is 18.5. The number of nitrogens with one attached hydrogen (secondary N) is 1. The molecule has 1 aliphatic heterocycles. The van der Waals surface area contributed by atoms with Gasteiger partial charge in [0.25, 0.3) is 0 Å². The number of H-pyrrole nitrogens is 1. The van der Waals surface area contributed by atoms with E-state index in [-0.39, 0.29) is 11.7 Å². The van der Waals surface area contributed by atoms with Crippen LogP contribution in [0.3, 0.4) is 0 Å². The molecule has 0 aliphatic carbocycles. The minimum atomic E-state index is 0.0878. The van der Waals surface area contributed by atoms with Crippen molar-refractivity contribution in [1.29, 1.82) is 0 Å². The number of hydrogen-bond acceptors (Lipinski definition) is 7. The zero-order chi connectivity index (χ0) is 20.9. The number of benzene rings is 1. The first-order chi connectivity index (χ1) is 14.6. The van der Waals surface area contributed by atoms with Crippen LogP contribution in [-0.2, 0) is 11.2 Å². The second-order valence-corrected chi connectivity index (χ2v) is 8.96. The highest BCUT2D eigenvalue weighted by Crippen LogP contribution is 2.26. The van der Waals surface area contributed by atoms with E-state index in [0.717, 1.165) is 56.4 Å². The largest absolute Gasteiger partial charge is 0.383 e. The highest BCUT2D eigenvalue weighted by molar-refractivity contribution is 7.17. The van der Waals surface area contributed by atoms with E-state index in [4.69, 9.17) is 4.74 Å². The number of fused-ring (bicyclic) bond motifs is 1. The fraction of sp³-hybridized carbons (Fsp3) is 0.500. The Morgan fingerprint density at radius 1 is 1.23 bits per heavy atom. The van der Waals surface area contributed by atoms with Crippen LogP contribution in [0, 0.1) is 5.92 Å². The lowest BCUT2D eigenvalue weighted by Gasteiger charge is -2.34. The first kappa shape index (κ1) is 21.0. The van der Waals surface area contributed by atoms with Gasteiger partial charge < -0.3 is 14.6 Å². The molecular weight excluding hydrogens is 398 g/mol. The van der Waals surface area contributed by atoms with Crippen LogP contribution in [0.5, 0.6) is 0 Å². The summed E-state index contributed by atoms with van der Waals surface area (Å²) in [6.07, 6.45) is 3.41. The molecular formula is C22H29N5O2S. The number of nitrogens with zero attached hydrogens (tertiary/aromatic N) is 4. The molecule has 0 saturated carbocycles. The van der Waals surface area contributed by atoms with Crippen molar-refractivity contribution in [3.63, 3.8) is 0 Å². The molecule has 3 heterocycles. The third-order valence-corrected chi connectivity index (χ3v) is 6.71. The molecule has 1 saturated heterocycles. The van der Waals surface area contributed by atoms with Crippen molar-refractivity contribution in [3.05, 3.63) is 41.0 Å². The molecule has 4 rings (SSSR count). The van der Waals surface area contributed by atoms with Gasteiger partial charge in [-0.1, -0.05) is 36.5 Å². The molecule has 7 nitrogen and oxygen atoms in total. The van der Waals surface area contributed by atoms with Crippen LogP contribution in [0.1, 0.15) is 28.7 Å². The van der Waals surface area contributed by atoms with Crippen molar-refractivity contribution in [2.75, 3.05) is 51.3 Å². The predicted molar refractivity (Wildman–Crippen MR) is 121 cm³/mol. The maximum Gasteiger partial charge on any atom is 0.208 e. The van der Waals surface area contributed by atoms with Crippen molar-refractivity contribution in [2.24, 2.45) is 5.92 Å². The Bertz CT molecular complexity index is 977. The van der Waals surface area contributed by atoms with Gasteiger partial charge in [-0.3, -0.25) is 9.69 Å². The maximum absolute atomic E-state index is 12.8. The lowest BCUT2D eigenvalue weighted by atomic mass is 9.96. The van der Waals surface area contributed by atoms with Crippen LogP contribution in [0.2, 0.25) is 0 Å². The fourth-order valence-corrected chi connectivity index (χ4v) is 4.84. The van der Waals surface area contributed by atoms with Gasteiger partial charge in [-0.2, -0.15) is 0 Å². The molecule has 0 amide bonds. The molecule has 30 heavy (non-hydrogen) atoms. The molecule has 1 atom stereocenters. The van der Waals surface area contributed by atoms with Gasteiger partial charge in [0, 0.05) is 63.4 Å². The Morgan fingerprint density at radius 3 is 2.83 bits per heavy atom. The highest BCUT2D eigenvalue weighted by Gasteiger charge is 2.22. The van der Waals surface area contributed by atoms with Crippen molar-refractivity contribution < 1.29 is 9.53 Å². The summed E-state index contributed by atoms with van der Waals surface area (Å²) in [7, 11) is 1.73. The van der Waals surface area contributed by atoms with Crippen LogP contribution >= 0.6 is 11.3 Å². The number of carbonyl (C=O) groups excluding carboxylic acids is 1. The van der Waals surface area contributed by atoms with Crippen LogP contribution < -0.4 is 4.90 Å². The number of piperazine rings is 1. The van der Waals surface area contributed by atoms with Crippen molar-refractivity contribution in [1.82, 2.24) is 20.1 Å². The normalized spacial score (nSPS) is 16.3. The molecule has 1 N–H and O–H groups in total. The van der Waals surface area contributed by atoms with Gasteiger partial charge in [0.05, 0.1) is 6.61 Å². The molecule has 1 fully saturated rings. The topological polar surface area (TPSA) is 74.3 Å². The summed E-state index contributed by atoms with van der Waals surface area (Å²) in [5.41, 5.74) is 2.40. The standard InChI is InChI=1S/C22H29N5O2S/c1-16(13-17-15-23-19-6-4-3-5-18(17)19)14-20(28)21-24-25-22(30-21)27-9-7-26(8-10-27)11-12-29-2/h3-6,15-16,23H,7-14H2,1-2H3. The van der Waals surface area contributed by atoms with E-state index in [0.29, 0.717) is 11.4 Å². The number of Topliss-reactive ketones (excluding diaryl/α,β-unsaturated/α-hetero) is 1. The molecule has 1 aromatic carbocycles. The number of hydrogen-bond donors (Lipinski definition) is 1. The second-order valence-electron chi connectivity index (χ2n) is 8.01. The van der Waals surface area contributed by atoms with Crippen molar-refractivity contribution in [2.45, 2.75) is 19.8 Å². The van der Waals surface area contributed by atoms with Crippen molar-refractivity contribution >= 4 is 33.2 Å². The number of aromatic nitrogens is 3. The summed E-state index contributed by atoms with van der Waals surface area (Å²) >= 11 is 1.42. The second kappa shape index (κ2) is 9.68. The van der Waals surface area contributed by atoms with E-state index in [1.165, 1.54) is 22.3 Å². The number of anilines is 1. The van der Waals surface area contributed by atoms with E-state index in [1.807, 2.05) is 6.07 Å². The van der Waals surface area contributed by atoms with E-state index < -0.39 is 0 Å². The fourth-order valence-electron chi connectivity index (χ4n) is 3.99. The predicted octanol–water partition coefficient (Wildman–Crippen LogP) is 3.24. The SMILES string of the molecule is COCCN1CCN(c2nnc(C(=O)CC(C)Cc3c[nH]c4ccccc34)s2)CC1. The number of methoxy groups -OCH3 is 1. The Balaban J connectivity index is 1.31. The molecule has 0 radical (unpaired) electrons. The first-order valence-electron chi connectivity index (χ1n) is 10.5. The number of rotatable bonds is 9. The maximum atomic E-state index is 12.8. The Morgan fingerprint density at radius 2 is 2.03 bits per heavy atom. The average Bonchev–Trinajstić information content (AvgIpc) is 3.41. The molecule has 3 aromatic rings. The molecule has 2 aromatic heterocycles. The molecule has 0 bridgehead atoms. The highest BCUT2D eigenvalue weighted by atomic mass is 32.1. The third-order valence-electron chi connectivity index (χ3n) is 5.68. The van der Waals surface area contributed by atoms with E-state index >= 15 is 0 Å². The zero-order valence-electron chi connectivity index (χ0n) is 17.6. The quantitative estimate of drug-likeness (QED) is 0.529. The molecule has 0 spiro atoms. The number of aromatic amines is 1. The van der Waals surface area contributed by atoms with Gasteiger partial charge in [0.2, 0.25) is 5.13 Å². The average molecular weight is 428 g/mol. The Hall–Kier alpha value is -2.29. The first-order valence-corrected chi connectivity index (χ1v) is 11.3. The summed E-state index contributed by atoms with van der Waals surface area (Å²) in [5.74, 6) is 0.332. The molecule has 8 heteroatoms. The summed E-state index contributed by atoms with van der Waals surface area (Å²) in [4.78, 5) is 20.7. The number of para-hydroxylation sites is 1. The van der Waals surface area contributed by atoms with E-state index in [1.54, 1.807) is 7.11 Å². The van der Waals surface area contributed by atoms with Crippen LogP contribution in [0.15, 0.2) is 30.5 Å². The van der Waals surface area contributed by atoms with Gasteiger partial charge in [0.1, 0.15) is 0 Å². The number of carbonyl (C=O) groups is 1. The Labute approximate surface area is 181 Å². The van der Waals surface area contributed by atoms with E-state index in [9.17, 15) is 4.79 Å². The monoisotopic (exact) mass is 427 g/mol. The van der Waals surface area contributed by atoms with Crippen molar-refractivity contribution in [3.8, 4) is 0 Å². The lowest BCUT2D eigenvalue weighted by molar-refractivity contribution is 0.0963. The van der Waals surface area contributed by atoms with Crippen LogP contribution in [0.4, 0.5) is 5.13 Å². The summed E-state index contributed by atoms with van der Waals surface area (Å²) in [5, 5.41) is 11.1. The third kappa shape index (κ3) is 4.88. The van der Waals surface area contributed by atoms with Crippen LogP contribution in [0.25, 0.3) is 10.9 Å². The summed E-state index contributed by atoms with van der Waals surface area (Å²) < 4.78 is 5.16. The smallest absolute Gasteiger partial charge is 0.208 e. The Kier molecular flexibility index (Phi) is 6.76. The number of ketones is 1.